The first-order chi connectivity index (χ1) is 13.7. The third-order valence-electron chi connectivity index (χ3n) is 4.78. The van der Waals surface area contributed by atoms with Crippen molar-refractivity contribution in [3.63, 3.8) is 0 Å². The van der Waals surface area contributed by atoms with Gasteiger partial charge in [0.05, 0.1) is 11.3 Å². The number of piperazine rings is 1. The van der Waals surface area contributed by atoms with Crippen molar-refractivity contribution >= 4 is 28.9 Å². The lowest BCUT2D eigenvalue weighted by Gasteiger charge is -2.35. The molecule has 0 spiro atoms. The van der Waals surface area contributed by atoms with E-state index in [2.05, 4.69) is 4.90 Å². The third-order valence-corrected chi connectivity index (χ3v) is 4.78. The Labute approximate surface area is 165 Å². The maximum Gasteiger partial charge on any atom is 0.472 e. The molecule has 3 rings (SSSR count). The van der Waals surface area contributed by atoms with E-state index in [-0.39, 0.29) is 16.9 Å². The molecule has 1 fully saturated rings. The predicted octanol–water partition coefficient (Wildman–Crippen LogP) is 3.36. The second-order valence-electron chi connectivity index (χ2n) is 6.77. The van der Waals surface area contributed by atoms with Gasteiger partial charge in [0.15, 0.2) is 0 Å². The second kappa shape index (κ2) is 8.12. The summed E-state index contributed by atoms with van der Waals surface area (Å²) in [7, 11) is 1.97. The quantitative estimate of drug-likeness (QED) is 0.842. The number of hydrogen-bond acceptors (Lipinski definition) is 4. The van der Waals surface area contributed by atoms with Gasteiger partial charge in [-0.3, -0.25) is 9.69 Å². The smallest absolute Gasteiger partial charge is 0.472 e. The van der Waals surface area contributed by atoms with E-state index < -0.39 is 18.1 Å². The third kappa shape index (κ3) is 4.51. The van der Waals surface area contributed by atoms with Crippen LogP contribution in [0.25, 0.3) is 0 Å². The van der Waals surface area contributed by atoms with Crippen molar-refractivity contribution in [1.82, 2.24) is 4.90 Å². The Morgan fingerprint density at radius 2 is 1.62 bits per heavy atom. The molecule has 0 saturated carbocycles. The highest BCUT2D eigenvalue weighted by Crippen LogP contribution is 2.36. The molecule has 1 aliphatic heterocycles. The molecule has 0 radical (unpaired) electrons. The summed E-state index contributed by atoms with van der Waals surface area (Å²) in [6, 6.07) is 11.4. The lowest BCUT2D eigenvalue weighted by molar-refractivity contribution is -0.169. The van der Waals surface area contributed by atoms with E-state index in [1.165, 1.54) is 36.4 Å². The number of halogens is 3. The van der Waals surface area contributed by atoms with Gasteiger partial charge in [-0.1, -0.05) is 18.2 Å². The van der Waals surface area contributed by atoms with Crippen LogP contribution in [-0.4, -0.2) is 61.3 Å². The zero-order valence-corrected chi connectivity index (χ0v) is 15.7. The Morgan fingerprint density at radius 1 is 1.00 bits per heavy atom. The van der Waals surface area contributed by atoms with Crippen molar-refractivity contribution in [2.75, 3.05) is 43.0 Å². The van der Waals surface area contributed by atoms with Gasteiger partial charge in [-0.2, -0.15) is 13.2 Å². The molecule has 1 amide bonds. The lowest BCUT2D eigenvalue weighted by atomic mass is 10.1. The summed E-state index contributed by atoms with van der Waals surface area (Å²) in [5.74, 6) is -3.57. The number of nitrogens with zero attached hydrogens (tertiary/aromatic N) is 3. The van der Waals surface area contributed by atoms with Gasteiger partial charge >= 0.3 is 18.1 Å². The molecular weight excluding hydrogens is 387 g/mol. The summed E-state index contributed by atoms with van der Waals surface area (Å²) in [6.45, 7) is 2.81. The number of hydrogen-bond donors (Lipinski definition) is 1. The first-order valence-electron chi connectivity index (χ1n) is 8.95. The van der Waals surface area contributed by atoms with Crippen LogP contribution in [0, 0.1) is 0 Å². The minimum absolute atomic E-state index is 0.0622. The zero-order valence-electron chi connectivity index (χ0n) is 15.7. The number of carbonyl (C=O) groups is 2. The number of carboxylic acid groups (broad SMARTS) is 1. The van der Waals surface area contributed by atoms with Crippen LogP contribution in [0.5, 0.6) is 0 Å². The highest BCUT2D eigenvalue weighted by Gasteiger charge is 2.44. The Hall–Kier alpha value is -3.07. The average Bonchev–Trinajstić information content (AvgIpc) is 2.68. The van der Waals surface area contributed by atoms with Crippen molar-refractivity contribution in [3.8, 4) is 0 Å². The number of para-hydroxylation sites is 1. The molecule has 2 aromatic carbocycles. The zero-order chi connectivity index (χ0) is 21.2. The molecule has 1 heterocycles. The average molecular weight is 407 g/mol. The minimum Gasteiger partial charge on any atom is -0.478 e. The van der Waals surface area contributed by atoms with Gasteiger partial charge in [-0.25, -0.2) is 4.79 Å². The number of alkyl halides is 3. The van der Waals surface area contributed by atoms with E-state index in [0.717, 1.165) is 13.1 Å². The van der Waals surface area contributed by atoms with Crippen LogP contribution in [0.2, 0.25) is 0 Å². The molecule has 1 saturated heterocycles. The van der Waals surface area contributed by atoms with Crippen LogP contribution in [0.4, 0.5) is 30.2 Å². The van der Waals surface area contributed by atoms with Crippen molar-refractivity contribution in [3.05, 3.63) is 54.1 Å². The number of anilines is 3. The maximum atomic E-state index is 13.3. The molecule has 0 bridgehead atoms. The molecule has 29 heavy (non-hydrogen) atoms. The van der Waals surface area contributed by atoms with E-state index in [4.69, 9.17) is 0 Å². The van der Waals surface area contributed by atoms with Crippen molar-refractivity contribution in [2.24, 2.45) is 0 Å². The Kier molecular flexibility index (Phi) is 5.78. The van der Waals surface area contributed by atoms with Crippen LogP contribution >= 0.6 is 0 Å². The summed E-state index contributed by atoms with van der Waals surface area (Å²) in [5.41, 5.74) is -0.200. The van der Waals surface area contributed by atoms with Crippen LogP contribution in [-0.2, 0) is 4.79 Å². The maximum absolute atomic E-state index is 13.3. The molecule has 0 atom stereocenters. The van der Waals surface area contributed by atoms with E-state index >= 15 is 0 Å². The topological polar surface area (TPSA) is 64.1 Å². The molecule has 6 nitrogen and oxygen atoms in total. The minimum atomic E-state index is -5.17. The van der Waals surface area contributed by atoms with Gasteiger partial charge in [-0.15, -0.1) is 0 Å². The number of carboxylic acids is 1. The van der Waals surface area contributed by atoms with Gasteiger partial charge in [0.25, 0.3) is 0 Å². The van der Waals surface area contributed by atoms with Crippen LogP contribution in [0.1, 0.15) is 10.4 Å². The molecule has 2 aromatic rings. The first-order valence-corrected chi connectivity index (χ1v) is 8.95. The van der Waals surface area contributed by atoms with Gasteiger partial charge in [0.2, 0.25) is 0 Å². The fourth-order valence-electron chi connectivity index (χ4n) is 3.22. The SMILES string of the molecule is CN1CCN(c2ccc(C(=O)O)c(N(C(=O)C(F)(F)F)c3ccccc3)c2)CC1. The number of carbonyl (C=O) groups excluding carboxylic acids is 1. The normalized spacial score (nSPS) is 15.2. The van der Waals surface area contributed by atoms with Crippen molar-refractivity contribution < 1.29 is 27.9 Å². The second-order valence-corrected chi connectivity index (χ2v) is 6.77. The Balaban J connectivity index is 2.13. The fourth-order valence-corrected chi connectivity index (χ4v) is 3.22. The van der Waals surface area contributed by atoms with Crippen molar-refractivity contribution in [1.29, 1.82) is 0 Å². The van der Waals surface area contributed by atoms with Gasteiger partial charge in [0, 0.05) is 37.6 Å². The molecule has 1 aliphatic rings. The van der Waals surface area contributed by atoms with Crippen LogP contribution < -0.4 is 9.80 Å². The Morgan fingerprint density at radius 3 is 2.17 bits per heavy atom. The van der Waals surface area contributed by atoms with Crippen LogP contribution in [0.15, 0.2) is 48.5 Å². The molecule has 0 aromatic heterocycles. The monoisotopic (exact) mass is 407 g/mol. The van der Waals surface area contributed by atoms with Gasteiger partial charge in [0.1, 0.15) is 0 Å². The molecular formula is C20H20F3N3O3. The Bertz CT molecular complexity index is 895. The molecule has 0 unspecified atom stereocenters. The largest absolute Gasteiger partial charge is 0.478 e. The standard InChI is InChI=1S/C20H20F3N3O3/c1-24-9-11-25(12-10-24)15-7-8-16(18(27)28)17(13-15)26(19(29)20(21,22)23)14-5-3-2-4-6-14/h2-8,13H,9-12H2,1H3,(H,27,28). The summed E-state index contributed by atoms with van der Waals surface area (Å²) < 4.78 is 40.0. The summed E-state index contributed by atoms with van der Waals surface area (Å²) >= 11 is 0. The summed E-state index contributed by atoms with van der Waals surface area (Å²) in [5, 5.41) is 9.54. The van der Waals surface area contributed by atoms with E-state index in [1.807, 2.05) is 11.9 Å². The van der Waals surface area contributed by atoms with E-state index in [1.54, 1.807) is 12.1 Å². The molecule has 154 valence electrons. The summed E-state index contributed by atoms with van der Waals surface area (Å²) in [4.78, 5) is 28.5. The van der Waals surface area contributed by atoms with Crippen LogP contribution in [0.3, 0.4) is 0 Å². The number of benzene rings is 2. The van der Waals surface area contributed by atoms with Gasteiger partial charge in [-0.05, 0) is 37.4 Å². The highest BCUT2D eigenvalue weighted by molar-refractivity contribution is 6.09. The molecule has 1 N–H and O–H groups in total. The summed E-state index contributed by atoms with van der Waals surface area (Å²) in [6.07, 6.45) is -5.17. The van der Waals surface area contributed by atoms with Gasteiger partial charge < -0.3 is 14.9 Å². The highest BCUT2D eigenvalue weighted by atomic mass is 19.4. The number of rotatable bonds is 4. The molecule has 0 aliphatic carbocycles. The van der Waals surface area contributed by atoms with Crippen molar-refractivity contribution in [2.45, 2.75) is 6.18 Å². The lowest BCUT2D eigenvalue weighted by Crippen LogP contribution is -2.44. The molecule has 9 heteroatoms. The number of amides is 1. The number of aromatic carboxylic acids is 1. The van der Waals surface area contributed by atoms with E-state index in [9.17, 15) is 27.9 Å². The first kappa shape index (κ1) is 20.7. The predicted molar refractivity (Wildman–Crippen MR) is 103 cm³/mol. The number of likely N-dealkylation sites (N-methyl/N-ethyl adjacent to an activating group) is 1. The van der Waals surface area contributed by atoms with E-state index in [0.29, 0.717) is 23.7 Å². The fraction of sp³-hybridized carbons (Fsp3) is 0.300.